The molecule has 10 aromatic rings. The van der Waals surface area contributed by atoms with Crippen molar-refractivity contribution in [3.8, 4) is 22.3 Å². The van der Waals surface area contributed by atoms with Crippen molar-refractivity contribution in [3.63, 3.8) is 0 Å². The molecule has 2 heteroatoms. The molecule has 42 heavy (non-hydrogen) atoms. The predicted molar refractivity (Wildman–Crippen MR) is 176 cm³/mol. The van der Waals surface area contributed by atoms with E-state index >= 15 is 0 Å². The number of furan rings is 2. The molecule has 194 valence electrons. The Labute approximate surface area is 240 Å². The van der Waals surface area contributed by atoms with E-state index in [0.717, 1.165) is 55.0 Å². The zero-order valence-corrected chi connectivity index (χ0v) is 22.5. The summed E-state index contributed by atoms with van der Waals surface area (Å²) in [5.74, 6) is 0. The van der Waals surface area contributed by atoms with Crippen LogP contribution in [0.25, 0.3) is 98.4 Å². The van der Waals surface area contributed by atoms with Gasteiger partial charge in [0.2, 0.25) is 0 Å². The van der Waals surface area contributed by atoms with Crippen molar-refractivity contribution in [2.75, 3.05) is 0 Å². The van der Waals surface area contributed by atoms with Crippen molar-refractivity contribution >= 4 is 76.2 Å². The van der Waals surface area contributed by atoms with Gasteiger partial charge in [0.1, 0.15) is 22.3 Å². The van der Waals surface area contributed by atoms with E-state index in [0.29, 0.717) is 0 Å². The second-order valence-electron chi connectivity index (χ2n) is 11.2. The Bertz CT molecular complexity index is 2670. The fourth-order valence-electron chi connectivity index (χ4n) is 7.12. The maximum Gasteiger partial charge on any atom is 0.143 e. The lowest BCUT2D eigenvalue weighted by Gasteiger charge is -2.14. The van der Waals surface area contributed by atoms with Gasteiger partial charge in [0.15, 0.2) is 0 Å². The van der Waals surface area contributed by atoms with Crippen LogP contribution in [0, 0.1) is 0 Å². The minimum atomic E-state index is 0.882. The van der Waals surface area contributed by atoms with Crippen LogP contribution in [0.3, 0.4) is 0 Å². The van der Waals surface area contributed by atoms with Gasteiger partial charge in [-0.15, -0.1) is 0 Å². The SMILES string of the molecule is c1cc2ccc3ccc(-c4ccc5oc6c(-c7cccc8c7oc7ccccc78)cccc6c5c4)c4ccc(c1)c2c34. The lowest BCUT2D eigenvalue weighted by atomic mass is 9.89. The maximum absolute atomic E-state index is 6.59. The predicted octanol–water partition coefficient (Wildman–Crippen LogP) is 11.7. The molecule has 0 amide bonds. The highest BCUT2D eigenvalue weighted by atomic mass is 16.3. The first kappa shape index (κ1) is 22.1. The van der Waals surface area contributed by atoms with Crippen molar-refractivity contribution < 1.29 is 8.83 Å². The quantitative estimate of drug-likeness (QED) is 0.206. The third kappa shape index (κ3) is 2.88. The number of hydrogen-bond donors (Lipinski definition) is 0. The molecule has 0 aliphatic rings. The van der Waals surface area contributed by atoms with Gasteiger partial charge in [-0.3, -0.25) is 0 Å². The van der Waals surface area contributed by atoms with Crippen LogP contribution in [0.15, 0.2) is 142 Å². The van der Waals surface area contributed by atoms with E-state index in [1.807, 2.05) is 12.1 Å². The average Bonchev–Trinajstić information content (AvgIpc) is 3.62. The van der Waals surface area contributed by atoms with Crippen molar-refractivity contribution in [3.05, 3.63) is 133 Å². The topological polar surface area (TPSA) is 26.3 Å². The minimum absolute atomic E-state index is 0.882. The highest BCUT2D eigenvalue weighted by molar-refractivity contribution is 6.25. The molecule has 0 unspecified atom stereocenters. The van der Waals surface area contributed by atoms with Gasteiger partial charge in [-0.05, 0) is 61.6 Å². The molecular formula is C40H22O2. The molecule has 0 radical (unpaired) electrons. The Hall–Kier alpha value is -5.60. The van der Waals surface area contributed by atoms with Gasteiger partial charge in [-0.25, -0.2) is 0 Å². The number of benzene rings is 8. The monoisotopic (exact) mass is 534 g/mol. The van der Waals surface area contributed by atoms with E-state index in [1.54, 1.807) is 0 Å². The minimum Gasteiger partial charge on any atom is -0.455 e. The number of fused-ring (bicyclic) bond motifs is 6. The summed E-state index contributed by atoms with van der Waals surface area (Å²) in [4.78, 5) is 0. The van der Waals surface area contributed by atoms with Crippen LogP contribution in [0.5, 0.6) is 0 Å². The molecule has 0 N–H and O–H groups in total. The van der Waals surface area contributed by atoms with Crippen LogP contribution in [-0.2, 0) is 0 Å². The first-order chi connectivity index (χ1) is 20.8. The molecule has 0 saturated heterocycles. The first-order valence-corrected chi connectivity index (χ1v) is 14.3. The second kappa shape index (κ2) is 7.99. The Morgan fingerprint density at radius 1 is 0.333 bits per heavy atom. The second-order valence-corrected chi connectivity index (χ2v) is 11.2. The van der Waals surface area contributed by atoms with E-state index in [2.05, 4.69) is 121 Å². The van der Waals surface area contributed by atoms with E-state index in [-0.39, 0.29) is 0 Å². The van der Waals surface area contributed by atoms with Gasteiger partial charge < -0.3 is 8.83 Å². The van der Waals surface area contributed by atoms with Crippen molar-refractivity contribution in [1.82, 2.24) is 0 Å². The third-order valence-corrected chi connectivity index (χ3v) is 9.03. The summed E-state index contributed by atoms with van der Waals surface area (Å²) in [6, 6.07) is 47.7. The first-order valence-electron chi connectivity index (χ1n) is 14.3. The Morgan fingerprint density at radius 2 is 0.929 bits per heavy atom. The fraction of sp³-hybridized carbons (Fsp3) is 0. The van der Waals surface area contributed by atoms with Crippen LogP contribution in [0.1, 0.15) is 0 Å². The highest BCUT2D eigenvalue weighted by Crippen LogP contribution is 2.43. The zero-order chi connectivity index (χ0) is 27.4. The van der Waals surface area contributed by atoms with Crippen molar-refractivity contribution in [2.24, 2.45) is 0 Å². The molecule has 2 aromatic heterocycles. The molecule has 0 bridgehead atoms. The van der Waals surface area contributed by atoms with Crippen LogP contribution < -0.4 is 0 Å². The van der Waals surface area contributed by atoms with Gasteiger partial charge in [0.05, 0.1) is 0 Å². The Kier molecular flexibility index (Phi) is 4.21. The van der Waals surface area contributed by atoms with Crippen LogP contribution in [0.2, 0.25) is 0 Å². The summed E-state index contributed by atoms with van der Waals surface area (Å²) in [7, 11) is 0. The van der Waals surface area contributed by atoms with Crippen molar-refractivity contribution in [2.45, 2.75) is 0 Å². The summed E-state index contributed by atoms with van der Waals surface area (Å²) >= 11 is 0. The smallest absolute Gasteiger partial charge is 0.143 e. The number of hydrogen-bond acceptors (Lipinski definition) is 2. The van der Waals surface area contributed by atoms with Gasteiger partial charge in [0.25, 0.3) is 0 Å². The highest BCUT2D eigenvalue weighted by Gasteiger charge is 2.18. The van der Waals surface area contributed by atoms with Gasteiger partial charge >= 0.3 is 0 Å². The normalized spacial score (nSPS) is 12.3. The van der Waals surface area contributed by atoms with Crippen LogP contribution in [0.4, 0.5) is 0 Å². The van der Waals surface area contributed by atoms with Crippen LogP contribution >= 0.6 is 0 Å². The van der Waals surface area contributed by atoms with Gasteiger partial charge in [0, 0.05) is 32.7 Å². The number of para-hydroxylation sites is 3. The fourth-order valence-corrected chi connectivity index (χ4v) is 7.12. The maximum atomic E-state index is 6.59. The van der Waals surface area contributed by atoms with Crippen molar-refractivity contribution in [1.29, 1.82) is 0 Å². The molecule has 0 saturated carbocycles. The molecule has 0 aliphatic carbocycles. The summed E-state index contributed by atoms with van der Waals surface area (Å²) in [6.07, 6.45) is 0. The van der Waals surface area contributed by atoms with E-state index < -0.39 is 0 Å². The van der Waals surface area contributed by atoms with E-state index in [4.69, 9.17) is 8.83 Å². The van der Waals surface area contributed by atoms with Gasteiger partial charge in [-0.2, -0.15) is 0 Å². The molecule has 2 nitrogen and oxygen atoms in total. The molecular weight excluding hydrogens is 512 g/mol. The Balaban J connectivity index is 1.21. The third-order valence-electron chi connectivity index (χ3n) is 9.03. The largest absolute Gasteiger partial charge is 0.455 e. The summed E-state index contributed by atoms with van der Waals surface area (Å²) in [5.41, 5.74) is 8.06. The summed E-state index contributed by atoms with van der Waals surface area (Å²) < 4.78 is 13.0. The van der Waals surface area contributed by atoms with Gasteiger partial charge in [-0.1, -0.05) is 115 Å². The number of rotatable bonds is 2. The van der Waals surface area contributed by atoms with E-state index in [9.17, 15) is 0 Å². The summed E-state index contributed by atoms with van der Waals surface area (Å²) in [6.45, 7) is 0. The molecule has 8 aromatic carbocycles. The summed E-state index contributed by atoms with van der Waals surface area (Å²) in [5, 5.41) is 12.3. The van der Waals surface area contributed by atoms with Crippen LogP contribution in [-0.4, -0.2) is 0 Å². The lowest BCUT2D eigenvalue weighted by molar-refractivity contribution is 0.665. The molecule has 0 aliphatic heterocycles. The molecule has 2 heterocycles. The molecule has 10 rings (SSSR count). The van der Waals surface area contributed by atoms with E-state index in [1.165, 1.54) is 43.4 Å². The lowest BCUT2D eigenvalue weighted by Crippen LogP contribution is -1.87. The molecule has 0 fully saturated rings. The molecule has 0 atom stereocenters. The zero-order valence-electron chi connectivity index (χ0n) is 22.5. The average molecular weight is 535 g/mol. The standard InChI is InChI=1S/C40H22O2/c1-2-13-35-28(8-1)30-9-4-10-31(39(30)41-35)32-11-5-12-33-34-22-26(18-21-36(34)42-40(32)33)27-19-16-25-15-14-23-6-3-7-24-17-20-29(27)38(25)37(23)24/h1-22H. The Morgan fingerprint density at radius 3 is 1.71 bits per heavy atom. The molecule has 0 spiro atoms.